The normalized spacial score (nSPS) is 23.6. The highest BCUT2D eigenvalue weighted by Gasteiger charge is 2.31. The second-order valence-corrected chi connectivity index (χ2v) is 5.28. The summed E-state index contributed by atoms with van der Waals surface area (Å²) in [5.74, 6) is 2.17. The van der Waals surface area contributed by atoms with Gasteiger partial charge in [0.2, 0.25) is 0 Å². The topological polar surface area (TPSA) is 39.7 Å². The van der Waals surface area contributed by atoms with Crippen molar-refractivity contribution >= 4 is 0 Å². The Balaban J connectivity index is 2.28. The molecule has 0 saturated carbocycles. The Labute approximate surface area is 121 Å². The summed E-state index contributed by atoms with van der Waals surface area (Å²) in [5, 5.41) is 3.57. The molecule has 1 saturated heterocycles. The lowest BCUT2D eigenvalue weighted by atomic mass is 9.90. The molecular formula is C16H25NO3. The van der Waals surface area contributed by atoms with Crippen LogP contribution >= 0.6 is 0 Å². The van der Waals surface area contributed by atoms with E-state index in [0.717, 1.165) is 31.1 Å². The molecule has 20 heavy (non-hydrogen) atoms. The third kappa shape index (κ3) is 3.25. The lowest BCUT2D eigenvalue weighted by molar-refractivity contribution is 0.117. The second-order valence-electron chi connectivity index (χ2n) is 5.28. The van der Waals surface area contributed by atoms with Crippen molar-refractivity contribution < 1.29 is 14.2 Å². The Hall–Kier alpha value is -1.26. The highest BCUT2D eigenvalue weighted by Crippen LogP contribution is 2.37. The van der Waals surface area contributed by atoms with E-state index in [4.69, 9.17) is 14.2 Å². The first-order valence-corrected chi connectivity index (χ1v) is 7.26. The van der Waals surface area contributed by atoms with Gasteiger partial charge in [-0.2, -0.15) is 0 Å². The van der Waals surface area contributed by atoms with Crippen LogP contribution in [0.2, 0.25) is 0 Å². The van der Waals surface area contributed by atoms with Gasteiger partial charge in [-0.05, 0) is 26.0 Å². The average Bonchev–Trinajstić information content (AvgIpc) is 2.90. The number of ether oxygens (including phenoxy) is 3. The van der Waals surface area contributed by atoms with Gasteiger partial charge >= 0.3 is 0 Å². The van der Waals surface area contributed by atoms with Crippen LogP contribution in [-0.4, -0.2) is 33.5 Å². The summed E-state index contributed by atoms with van der Waals surface area (Å²) in [6.45, 7) is 5.98. The fourth-order valence-corrected chi connectivity index (χ4v) is 2.91. The molecule has 0 amide bonds. The van der Waals surface area contributed by atoms with Crippen LogP contribution in [0.4, 0.5) is 0 Å². The molecule has 0 bridgehead atoms. The van der Waals surface area contributed by atoms with E-state index >= 15 is 0 Å². The molecule has 1 aliphatic heterocycles. The molecule has 112 valence electrons. The predicted octanol–water partition coefficient (Wildman–Crippen LogP) is 2.78. The van der Waals surface area contributed by atoms with Gasteiger partial charge < -0.3 is 19.5 Å². The van der Waals surface area contributed by atoms with E-state index in [1.807, 2.05) is 12.1 Å². The molecule has 1 fully saturated rings. The van der Waals surface area contributed by atoms with Gasteiger partial charge in [0.05, 0.1) is 26.9 Å². The van der Waals surface area contributed by atoms with Crippen molar-refractivity contribution in [3.05, 3.63) is 23.8 Å². The van der Waals surface area contributed by atoms with Crippen molar-refractivity contribution in [2.75, 3.05) is 27.4 Å². The first kappa shape index (κ1) is 15.1. The summed E-state index contributed by atoms with van der Waals surface area (Å²) in [5.41, 5.74) is 1.18. The number of benzene rings is 1. The van der Waals surface area contributed by atoms with Crippen molar-refractivity contribution in [1.29, 1.82) is 0 Å². The van der Waals surface area contributed by atoms with Crippen molar-refractivity contribution in [1.82, 2.24) is 5.32 Å². The zero-order valence-corrected chi connectivity index (χ0v) is 12.8. The number of methoxy groups -OCH3 is 2. The van der Waals surface area contributed by atoms with Crippen molar-refractivity contribution in [2.45, 2.75) is 32.4 Å². The third-order valence-corrected chi connectivity index (χ3v) is 3.90. The van der Waals surface area contributed by atoms with Crippen LogP contribution < -0.4 is 14.8 Å². The molecule has 1 N–H and O–H groups in total. The van der Waals surface area contributed by atoms with E-state index in [1.165, 1.54) is 5.56 Å². The monoisotopic (exact) mass is 279 g/mol. The Morgan fingerprint density at radius 2 is 2.15 bits per heavy atom. The number of nitrogens with one attached hydrogen (secondary N) is 1. The maximum absolute atomic E-state index is 5.73. The van der Waals surface area contributed by atoms with Crippen LogP contribution in [0.5, 0.6) is 11.5 Å². The quantitative estimate of drug-likeness (QED) is 0.869. The minimum Gasteiger partial charge on any atom is -0.497 e. The highest BCUT2D eigenvalue weighted by molar-refractivity contribution is 5.43. The van der Waals surface area contributed by atoms with E-state index in [-0.39, 0.29) is 6.04 Å². The molecule has 4 heteroatoms. The lowest BCUT2D eigenvalue weighted by Gasteiger charge is -2.25. The SMILES string of the molecule is CCNC(c1ccc(OC)cc1OC)C1COC(C)C1. The minimum absolute atomic E-state index is 0.255. The Kier molecular flexibility index (Phi) is 5.26. The zero-order valence-electron chi connectivity index (χ0n) is 12.8. The Bertz CT molecular complexity index is 436. The molecule has 1 aliphatic rings. The summed E-state index contributed by atoms with van der Waals surface area (Å²) < 4.78 is 16.5. The van der Waals surface area contributed by atoms with E-state index in [2.05, 4.69) is 25.2 Å². The van der Waals surface area contributed by atoms with E-state index in [0.29, 0.717) is 12.0 Å². The fraction of sp³-hybridized carbons (Fsp3) is 0.625. The van der Waals surface area contributed by atoms with E-state index in [9.17, 15) is 0 Å². The van der Waals surface area contributed by atoms with Crippen molar-refractivity contribution in [3.8, 4) is 11.5 Å². The van der Waals surface area contributed by atoms with Gasteiger partial charge in [0, 0.05) is 23.6 Å². The number of rotatable bonds is 6. The van der Waals surface area contributed by atoms with E-state index in [1.54, 1.807) is 14.2 Å². The van der Waals surface area contributed by atoms with Gasteiger partial charge in [-0.1, -0.05) is 13.0 Å². The molecule has 3 unspecified atom stereocenters. The van der Waals surface area contributed by atoms with Crippen LogP contribution in [-0.2, 0) is 4.74 Å². The molecule has 1 aromatic carbocycles. The zero-order chi connectivity index (χ0) is 14.5. The highest BCUT2D eigenvalue weighted by atomic mass is 16.5. The molecule has 1 heterocycles. The number of hydrogen-bond acceptors (Lipinski definition) is 4. The summed E-state index contributed by atoms with van der Waals surface area (Å²) >= 11 is 0. The van der Waals surface area contributed by atoms with Crippen LogP contribution in [0.3, 0.4) is 0 Å². The first-order valence-electron chi connectivity index (χ1n) is 7.26. The Morgan fingerprint density at radius 3 is 2.70 bits per heavy atom. The predicted molar refractivity (Wildman–Crippen MR) is 79.5 cm³/mol. The molecule has 1 aromatic rings. The molecule has 4 nitrogen and oxygen atoms in total. The van der Waals surface area contributed by atoms with Crippen LogP contribution in [0.15, 0.2) is 18.2 Å². The van der Waals surface area contributed by atoms with Crippen LogP contribution in [0.25, 0.3) is 0 Å². The van der Waals surface area contributed by atoms with Crippen molar-refractivity contribution in [3.63, 3.8) is 0 Å². The fourth-order valence-electron chi connectivity index (χ4n) is 2.91. The molecule has 3 atom stereocenters. The third-order valence-electron chi connectivity index (χ3n) is 3.90. The molecule has 0 aromatic heterocycles. The first-order chi connectivity index (χ1) is 9.69. The van der Waals surface area contributed by atoms with Gasteiger partial charge in [0.25, 0.3) is 0 Å². The molecular weight excluding hydrogens is 254 g/mol. The van der Waals surface area contributed by atoms with Gasteiger partial charge in [-0.3, -0.25) is 0 Å². The average molecular weight is 279 g/mol. The lowest BCUT2D eigenvalue weighted by Crippen LogP contribution is -2.29. The summed E-state index contributed by atoms with van der Waals surface area (Å²) in [6, 6.07) is 6.28. The van der Waals surface area contributed by atoms with Gasteiger partial charge in [-0.25, -0.2) is 0 Å². The van der Waals surface area contributed by atoms with Gasteiger partial charge in [0.1, 0.15) is 11.5 Å². The Morgan fingerprint density at radius 1 is 1.35 bits per heavy atom. The largest absolute Gasteiger partial charge is 0.497 e. The maximum Gasteiger partial charge on any atom is 0.127 e. The summed E-state index contributed by atoms with van der Waals surface area (Å²) in [7, 11) is 3.37. The molecule has 0 aliphatic carbocycles. The second kappa shape index (κ2) is 6.95. The van der Waals surface area contributed by atoms with Gasteiger partial charge in [0.15, 0.2) is 0 Å². The van der Waals surface area contributed by atoms with E-state index < -0.39 is 0 Å². The summed E-state index contributed by atoms with van der Waals surface area (Å²) in [6.07, 6.45) is 1.41. The molecule has 0 spiro atoms. The van der Waals surface area contributed by atoms with Crippen molar-refractivity contribution in [2.24, 2.45) is 5.92 Å². The molecule has 2 rings (SSSR count). The minimum atomic E-state index is 0.255. The standard InChI is InChI=1S/C16H25NO3/c1-5-17-16(12-8-11(2)20-10-12)14-7-6-13(18-3)9-15(14)19-4/h6-7,9,11-12,16-17H,5,8,10H2,1-4H3. The van der Waals surface area contributed by atoms with Crippen LogP contribution in [0.1, 0.15) is 31.9 Å². The number of hydrogen-bond donors (Lipinski definition) is 1. The smallest absolute Gasteiger partial charge is 0.127 e. The van der Waals surface area contributed by atoms with Crippen LogP contribution in [0, 0.1) is 5.92 Å². The maximum atomic E-state index is 5.73. The molecule has 0 radical (unpaired) electrons. The summed E-state index contributed by atoms with van der Waals surface area (Å²) in [4.78, 5) is 0. The van der Waals surface area contributed by atoms with Gasteiger partial charge in [-0.15, -0.1) is 0 Å².